The molecular weight excluding hydrogens is 464 g/mol. The van der Waals surface area contributed by atoms with Crippen LogP contribution < -0.4 is 0 Å². The predicted octanol–water partition coefficient (Wildman–Crippen LogP) is 2.22. The molecule has 0 atom stereocenters. The first-order valence-electron chi connectivity index (χ1n) is 9.78. The van der Waals surface area contributed by atoms with Crippen LogP contribution in [0.1, 0.15) is 0 Å². The van der Waals surface area contributed by atoms with Crippen LogP contribution in [-0.2, 0) is 19.5 Å². The fraction of sp³-hybridized carbons (Fsp3) is 0.444. The molecule has 10 nitrogen and oxygen atoms in total. The van der Waals surface area contributed by atoms with Crippen LogP contribution in [0.15, 0.2) is 34.1 Å². The van der Waals surface area contributed by atoms with Crippen LogP contribution >= 0.6 is 22.5 Å². The summed E-state index contributed by atoms with van der Waals surface area (Å²) in [4.78, 5) is 0.340. The van der Waals surface area contributed by atoms with Crippen molar-refractivity contribution in [2.45, 2.75) is 9.79 Å². The van der Waals surface area contributed by atoms with Crippen molar-refractivity contribution in [2.24, 2.45) is 0 Å². The van der Waals surface area contributed by atoms with Gasteiger partial charge in [-0.15, -0.1) is 10.8 Å². The van der Waals surface area contributed by atoms with E-state index in [1.54, 1.807) is 22.5 Å². The topological polar surface area (TPSA) is 125 Å². The average Bonchev–Trinajstić information content (AvgIpc) is 3.28. The summed E-state index contributed by atoms with van der Waals surface area (Å²) in [5.41, 5.74) is 0.874. The Hall–Kier alpha value is -1.42. The fourth-order valence-corrected chi connectivity index (χ4v) is 7.78. The Morgan fingerprint density at radius 3 is 2.23 bits per heavy atom. The molecule has 0 aliphatic carbocycles. The van der Waals surface area contributed by atoms with E-state index in [0.29, 0.717) is 61.3 Å². The van der Waals surface area contributed by atoms with Crippen molar-refractivity contribution in [3.63, 3.8) is 0 Å². The number of hydrogen-bond donors (Lipinski definition) is 2. The van der Waals surface area contributed by atoms with Gasteiger partial charge in [0.1, 0.15) is 11.0 Å². The maximum atomic E-state index is 13.5. The largest absolute Gasteiger partial charge is 0.379 e. The number of sulfonamides is 1. The third-order valence-corrected chi connectivity index (χ3v) is 10.0. The van der Waals surface area contributed by atoms with Crippen LogP contribution in [0.4, 0.5) is 0 Å². The van der Waals surface area contributed by atoms with Gasteiger partial charge in [-0.3, -0.25) is 9.11 Å². The zero-order valence-electron chi connectivity index (χ0n) is 16.5. The van der Waals surface area contributed by atoms with Gasteiger partial charge in [0.15, 0.2) is 0 Å². The lowest BCUT2D eigenvalue weighted by molar-refractivity contribution is 0.0686. The highest BCUT2D eigenvalue weighted by atomic mass is 32.3. The van der Waals surface area contributed by atoms with Crippen molar-refractivity contribution < 1.29 is 27.0 Å². The van der Waals surface area contributed by atoms with Gasteiger partial charge in [0.25, 0.3) is 0 Å². The SMILES string of the molecule is O=S(=O)(c1cccc2c(S(O)(O)N3CCOCC3)cc3nsnc3c12)N1CCOCC1. The molecular formula is C18H22N4O6S3. The Bertz CT molecular complexity index is 1220. The van der Waals surface area contributed by atoms with E-state index in [4.69, 9.17) is 9.47 Å². The van der Waals surface area contributed by atoms with E-state index in [0.717, 1.165) is 11.7 Å². The van der Waals surface area contributed by atoms with Crippen LogP contribution in [0.5, 0.6) is 0 Å². The first-order valence-corrected chi connectivity index (χ1v) is 13.4. The van der Waals surface area contributed by atoms with Crippen molar-refractivity contribution in [3.05, 3.63) is 24.3 Å². The van der Waals surface area contributed by atoms with Crippen molar-refractivity contribution in [1.82, 2.24) is 17.4 Å². The molecule has 0 unspecified atom stereocenters. The second-order valence-corrected chi connectivity index (χ2v) is 11.7. The highest BCUT2D eigenvalue weighted by Gasteiger charge is 2.33. The third-order valence-electron chi connectivity index (χ3n) is 5.52. The number of nitrogens with zero attached hydrogens (tertiary/aromatic N) is 4. The van der Waals surface area contributed by atoms with Crippen LogP contribution in [0.2, 0.25) is 0 Å². The van der Waals surface area contributed by atoms with Gasteiger partial charge in [-0.25, -0.2) is 8.42 Å². The van der Waals surface area contributed by atoms with Gasteiger partial charge in [-0.2, -0.15) is 17.4 Å². The van der Waals surface area contributed by atoms with E-state index < -0.39 is 20.8 Å². The molecule has 2 N–H and O–H groups in total. The van der Waals surface area contributed by atoms with Gasteiger partial charge >= 0.3 is 0 Å². The summed E-state index contributed by atoms with van der Waals surface area (Å²) < 4.78 is 71.7. The minimum Gasteiger partial charge on any atom is -0.379 e. The van der Waals surface area contributed by atoms with E-state index in [9.17, 15) is 17.5 Å². The normalized spacial score (nSPS) is 20.5. The third kappa shape index (κ3) is 3.63. The Labute approximate surface area is 185 Å². The van der Waals surface area contributed by atoms with Crippen molar-refractivity contribution >= 4 is 54.3 Å². The monoisotopic (exact) mass is 486 g/mol. The van der Waals surface area contributed by atoms with Crippen LogP contribution in [0.25, 0.3) is 21.8 Å². The molecule has 2 aromatic carbocycles. The van der Waals surface area contributed by atoms with Crippen LogP contribution in [0, 0.1) is 0 Å². The lowest BCUT2D eigenvalue weighted by atomic mass is 10.1. The number of rotatable bonds is 4. The van der Waals surface area contributed by atoms with E-state index in [1.807, 2.05) is 0 Å². The molecule has 1 aromatic heterocycles. The lowest BCUT2D eigenvalue weighted by Crippen LogP contribution is -2.40. The molecule has 0 spiro atoms. The average molecular weight is 487 g/mol. The van der Waals surface area contributed by atoms with Gasteiger partial charge in [-0.05, 0) is 12.1 Å². The maximum Gasteiger partial charge on any atom is 0.243 e. The minimum absolute atomic E-state index is 0.0867. The summed E-state index contributed by atoms with van der Waals surface area (Å²) >= 11 is 0.962. The number of benzene rings is 2. The molecule has 0 bridgehead atoms. The Morgan fingerprint density at radius 1 is 0.903 bits per heavy atom. The fourth-order valence-electron chi connectivity index (χ4n) is 3.95. The van der Waals surface area contributed by atoms with Crippen molar-refractivity contribution in [1.29, 1.82) is 0 Å². The van der Waals surface area contributed by atoms with Gasteiger partial charge in [-0.1, -0.05) is 12.1 Å². The smallest absolute Gasteiger partial charge is 0.243 e. The van der Waals surface area contributed by atoms with Crippen molar-refractivity contribution in [3.8, 4) is 0 Å². The van der Waals surface area contributed by atoms with E-state index >= 15 is 0 Å². The van der Waals surface area contributed by atoms with Gasteiger partial charge in [0.2, 0.25) is 10.0 Å². The molecule has 2 aliphatic rings. The Kier molecular flexibility index (Phi) is 5.65. The number of morpholine rings is 2. The number of aromatic nitrogens is 2. The van der Waals surface area contributed by atoms with Crippen LogP contribution in [0.3, 0.4) is 0 Å². The maximum absolute atomic E-state index is 13.5. The summed E-state index contributed by atoms with van der Waals surface area (Å²) in [5.74, 6) is 0. The first-order chi connectivity index (χ1) is 14.9. The molecule has 5 rings (SSSR count). The molecule has 0 saturated carbocycles. The number of hydrogen-bond acceptors (Lipinski definition) is 10. The summed E-state index contributed by atoms with van der Waals surface area (Å²) in [6, 6.07) is 6.48. The molecule has 168 valence electrons. The molecule has 13 heteroatoms. The molecule has 2 fully saturated rings. The van der Waals surface area contributed by atoms with E-state index in [1.165, 1.54) is 10.4 Å². The molecule has 3 heterocycles. The molecule has 0 amide bonds. The minimum atomic E-state index is -3.84. The summed E-state index contributed by atoms with van der Waals surface area (Å²) in [7, 11) is -7.23. The zero-order chi connectivity index (χ0) is 21.6. The highest BCUT2D eigenvalue weighted by Crippen LogP contribution is 2.55. The second kappa shape index (κ2) is 8.17. The van der Waals surface area contributed by atoms with Gasteiger partial charge < -0.3 is 9.47 Å². The first kappa shape index (κ1) is 21.4. The Balaban J connectivity index is 1.75. The predicted molar refractivity (Wildman–Crippen MR) is 118 cm³/mol. The molecule has 31 heavy (non-hydrogen) atoms. The lowest BCUT2D eigenvalue weighted by Gasteiger charge is -2.45. The molecule has 3 aromatic rings. The molecule has 2 aliphatic heterocycles. The summed E-state index contributed by atoms with van der Waals surface area (Å²) in [5, 5.41) is 0.810. The molecule has 2 saturated heterocycles. The van der Waals surface area contributed by atoms with E-state index in [-0.39, 0.29) is 22.9 Å². The molecule has 0 radical (unpaired) electrons. The van der Waals surface area contributed by atoms with Gasteiger partial charge in [0, 0.05) is 37.0 Å². The number of ether oxygens (including phenoxy) is 2. The standard InChI is InChI=1S/C18H22N4O6S3/c23-30(24,21-4-8-27-9-5-21)15-3-1-2-13-16(12-14-18(17(13)15)20-29-19-14)31(25,26)22-6-10-28-11-7-22/h1-3,12,25-26H,4-11H2. The zero-order valence-corrected chi connectivity index (χ0v) is 19.0. The van der Waals surface area contributed by atoms with E-state index in [2.05, 4.69) is 8.75 Å². The van der Waals surface area contributed by atoms with Crippen LogP contribution in [-0.4, -0.2) is 87.5 Å². The van der Waals surface area contributed by atoms with Crippen molar-refractivity contribution in [2.75, 3.05) is 52.6 Å². The summed E-state index contributed by atoms with van der Waals surface area (Å²) in [6.07, 6.45) is 0. The second-order valence-electron chi connectivity index (χ2n) is 7.26. The highest BCUT2D eigenvalue weighted by molar-refractivity contribution is 8.22. The summed E-state index contributed by atoms with van der Waals surface area (Å²) in [6.45, 7) is 2.71. The van der Waals surface area contributed by atoms with Gasteiger partial charge in [0.05, 0.1) is 47.9 Å². The Morgan fingerprint density at radius 2 is 1.55 bits per heavy atom. The quantitative estimate of drug-likeness (QED) is 0.571. The number of fused-ring (bicyclic) bond motifs is 3.